The molecule has 0 radical (unpaired) electrons. The van der Waals surface area contributed by atoms with Gasteiger partial charge in [-0.2, -0.15) is 0 Å². The number of benzene rings is 1. The van der Waals surface area contributed by atoms with E-state index in [1.165, 1.54) is 11.8 Å². The fourth-order valence-corrected chi connectivity index (χ4v) is 3.32. The molecule has 26 heavy (non-hydrogen) atoms. The lowest BCUT2D eigenvalue weighted by molar-refractivity contribution is -0.118. The first-order valence-corrected chi connectivity index (χ1v) is 9.20. The molecule has 0 atom stereocenters. The Balaban J connectivity index is 1.67. The van der Waals surface area contributed by atoms with Crippen LogP contribution in [0.25, 0.3) is 11.4 Å². The molecule has 3 aromatic rings. The summed E-state index contributed by atoms with van der Waals surface area (Å²) < 4.78 is 12.6. The Hall–Kier alpha value is -2.74. The number of furan rings is 1. The highest BCUT2D eigenvalue weighted by atomic mass is 32.2. The van der Waals surface area contributed by atoms with E-state index in [0.717, 1.165) is 22.9 Å². The zero-order chi connectivity index (χ0) is 18.4. The van der Waals surface area contributed by atoms with Gasteiger partial charge in [-0.15, -0.1) is 10.2 Å². The second-order valence-corrected chi connectivity index (χ2v) is 6.34. The number of thioether (sulfide) groups is 1. The second-order valence-electron chi connectivity index (χ2n) is 5.40. The van der Waals surface area contributed by atoms with Gasteiger partial charge in [-0.25, -0.2) is 0 Å². The summed E-state index contributed by atoms with van der Waals surface area (Å²) in [6.45, 7) is 3.08. The molecule has 136 valence electrons. The van der Waals surface area contributed by atoms with Crippen molar-refractivity contribution in [2.75, 3.05) is 12.9 Å². The third kappa shape index (κ3) is 4.08. The molecule has 1 amide bonds. The number of nitrogens with one attached hydrogen (secondary N) is 1. The van der Waals surface area contributed by atoms with Crippen molar-refractivity contribution in [1.82, 2.24) is 20.1 Å². The molecule has 1 N–H and O–H groups in total. The lowest BCUT2D eigenvalue weighted by Gasteiger charge is -2.10. The van der Waals surface area contributed by atoms with E-state index in [1.54, 1.807) is 19.4 Å². The molecule has 1 aromatic carbocycles. The first-order chi connectivity index (χ1) is 12.7. The van der Waals surface area contributed by atoms with Crippen LogP contribution in [0.5, 0.6) is 5.75 Å². The minimum atomic E-state index is -0.0871. The van der Waals surface area contributed by atoms with Gasteiger partial charge >= 0.3 is 0 Å². The minimum Gasteiger partial charge on any atom is -0.496 e. The summed E-state index contributed by atoms with van der Waals surface area (Å²) in [7, 11) is 1.63. The Labute approximate surface area is 155 Å². The van der Waals surface area contributed by atoms with E-state index in [2.05, 4.69) is 15.5 Å². The topological polar surface area (TPSA) is 82.2 Å². The van der Waals surface area contributed by atoms with Gasteiger partial charge in [0, 0.05) is 6.54 Å². The first-order valence-electron chi connectivity index (χ1n) is 8.21. The number of rotatable bonds is 8. The summed E-state index contributed by atoms with van der Waals surface area (Å²) in [4.78, 5) is 12.0. The van der Waals surface area contributed by atoms with Crippen LogP contribution in [0.4, 0.5) is 0 Å². The monoisotopic (exact) mass is 372 g/mol. The van der Waals surface area contributed by atoms with E-state index >= 15 is 0 Å². The molecule has 0 bridgehead atoms. The molecule has 7 nitrogen and oxygen atoms in total. The van der Waals surface area contributed by atoms with Gasteiger partial charge in [0.2, 0.25) is 5.91 Å². The van der Waals surface area contributed by atoms with Crippen LogP contribution in [-0.4, -0.2) is 33.5 Å². The van der Waals surface area contributed by atoms with Crippen LogP contribution in [0, 0.1) is 0 Å². The standard InChI is InChI=1S/C18H20N4O3S/c1-3-22-17(14-8-4-5-9-15(14)24-2)20-21-18(22)26-12-16(23)19-11-13-7-6-10-25-13/h4-10H,3,11-12H2,1-2H3,(H,19,23). The second kappa shape index (κ2) is 8.57. The Morgan fingerprint density at radius 3 is 2.85 bits per heavy atom. The predicted molar refractivity (Wildman–Crippen MR) is 99.0 cm³/mol. The summed E-state index contributed by atoms with van der Waals surface area (Å²) in [5.74, 6) is 2.35. The van der Waals surface area contributed by atoms with Crippen LogP contribution in [-0.2, 0) is 17.9 Å². The smallest absolute Gasteiger partial charge is 0.230 e. The number of carbonyl (C=O) groups is 1. The molecule has 0 fully saturated rings. The minimum absolute atomic E-state index is 0.0871. The predicted octanol–water partition coefficient (Wildman–Crippen LogP) is 2.98. The number of ether oxygens (including phenoxy) is 1. The number of hydrogen-bond acceptors (Lipinski definition) is 6. The maximum atomic E-state index is 12.0. The van der Waals surface area contributed by atoms with Crippen LogP contribution < -0.4 is 10.1 Å². The van der Waals surface area contributed by atoms with E-state index in [4.69, 9.17) is 9.15 Å². The maximum Gasteiger partial charge on any atom is 0.230 e. The summed E-state index contributed by atoms with van der Waals surface area (Å²) in [6.07, 6.45) is 1.58. The Kier molecular flexibility index (Phi) is 5.96. The lowest BCUT2D eigenvalue weighted by atomic mass is 10.2. The van der Waals surface area contributed by atoms with Crippen molar-refractivity contribution in [3.63, 3.8) is 0 Å². The van der Waals surface area contributed by atoms with Crippen molar-refractivity contribution in [2.24, 2.45) is 0 Å². The molecule has 0 saturated carbocycles. The van der Waals surface area contributed by atoms with E-state index < -0.39 is 0 Å². The van der Waals surface area contributed by atoms with Gasteiger partial charge in [-0.1, -0.05) is 23.9 Å². The average molecular weight is 372 g/mol. The third-order valence-electron chi connectivity index (χ3n) is 3.75. The molecular weight excluding hydrogens is 352 g/mol. The molecule has 0 aliphatic carbocycles. The summed E-state index contributed by atoms with van der Waals surface area (Å²) in [5, 5.41) is 12.1. The Bertz CT molecular complexity index is 861. The molecule has 2 aromatic heterocycles. The molecule has 0 saturated heterocycles. The number of aromatic nitrogens is 3. The summed E-state index contributed by atoms with van der Waals surface area (Å²) in [5.41, 5.74) is 0.874. The summed E-state index contributed by atoms with van der Waals surface area (Å²) >= 11 is 1.35. The van der Waals surface area contributed by atoms with Crippen molar-refractivity contribution >= 4 is 17.7 Å². The van der Waals surface area contributed by atoms with Crippen molar-refractivity contribution in [3.8, 4) is 17.1 Å². The number of methoxy groups -OCH3 is 1. The third-order valence-corrected chi connectivity index (χ3v) is 4.72. The van der Waals surface area contributed by atoms with Gasteiger partial charge in [-0.3, -0.25) is 4.79 Å². The van der Waals surface area contributed by atoms with Crippen LogP contribution in [0.2, 0.25) is 0 Å². The molecule has 0 aliphatic rings. The van der Waals surface area contributed by atoms with E-state index in [1.807, 2.05) is 41.8 Å². The molecule has 3 rings (SSSR count). The number of carbonyl (C=O) groups excluding carboxylic acids is 1. The lowest BCUT2D eigenvalue weighted by Crippen LogP contribution is -2.24. The summed E-state index contributed by atoms with van der Waals surface area (Å²) in [6, 6.07) is 11.3. The maximum absolute atomic E-state index is 12.0. The number of amides is 1. The van der Waals surface area contributed by atoms with E-state index in [0.29, 0.717) is 18.2 Å². The Morgan fingerprint density at radius 2 is 2.12 bits per heavy atom. The highest BCUT2D eigenvalue weighted by molar-refractivity contribution is 7.99. The average Bonchev–Trinajstić information content (AvgIpc) is 3.33. The fourth-order valence-electron chi connectivity index (χ4n) is 2.49. The number of nitrogens with zero attached hydrogens (tertiary/aromatic N) is 3. The number of para-hydroxylation sites is 1. The van der Waals surface area contributed by atoms with Gasteiger partial charge < -0.3 is 19.0 Å². The molecule has 2 heterocycles. The van der Waals surface area contributed by atoms with Crippen LogP contribution in [0.15, 0.2) is 52.2 Å². The molecular formula is C18H20N4O3S. The van der Waals surface area contributed by atoms with Crippen LogP contribution in [0.1, 0.15) is 12.7 Å². The number of hydrogen-bond donors (Lipinski definition) is 1. The van der Waals surface area contributed by atoms with Gasteiger partial charge in [0.05, 0.1) is 31.2 Å². The highest BCUT2D eigenvalue weighted by Crippen LogP contribution is 2.30. The van der Waals surface area contributed by atoms with Gasteiger partial charge in [0.1, 0.15) is 11.5 Å². The highest BCUT2D eigenvalue weighted by Gasteiger charge is 2.17. The van der Waals surface area contributed by atoms with Crippen LogP contribution >= 0.6 is 11.8 Å². The van der Waals surface area contributed by atoms with Crippen molar-refractivity contribution in [2.45, 2.75) is 25.2 Å². The molecule has 0 aliphatic heterocycles. The van der Waals surface area contributed by atoms with Crippen LogP contribution in [0.3, 0.4) is 0 Å². The van der Waals surface area contributed by atoms with E-state index in [9.17, 15) is 4.79 Å². The van der Waals surface area contributed by atoms with Crippen molar-refractivity contribution in [3.05, 3.63) is 48.4 Å². The molecule has 8 heteroatoms. The normalized spacial score (nSPS) is 10.7. The van der Waals surface area contributed by atoms with Gasteiger partial charge in [0.25, 0.3) is 0 Å². The Morgan fingerprint density at radius 1 is 1.27 bits per heavy atom. The SMILES string of the molecule is CCn1c(SCC(=O)NCc2ccco2)nnc1-c1ccccc1OC. The fraction of sp³-hybridized carbons (Fsp3) is 0.278. The molecule has 0 spiro atoms. The van der Waals surface area contributed by atoms with Gasteiger partial charge in [0.15, 0.2) is 11.0 Å². The largest absolute Gasteiger partial charge is 0.496 e. The molecule has 0 unspecified atom stereocenters. The zero-order valence-corrected chi connectivity index (χ0v) is 15.5. The van der Waals surface area contributed by atoms with Crippen molar-refractivity contribution in [1.29, 1.82) is 0 Å². The van der Waals surface area contributed by atoms with Crippen molar-refractivity contribution < 1.29 is 13.9 Å². The zero-order valence-electron chi connectivity index (χ0n) is 14.6. The quantitative estimate of drug-likeness (QED) is 0.612. The van der Waals surface area contributed by atoms with E-state index in [-0.39, 0.29) is 11.7 Å². The van der Waals surface area contributed by atoms with Gasteiger partial charge in [-0.05, 0) is 31.2 Å². The first kappa shape index (κ1) is 18.1.